The Hall–Kier alpha value is -1.02. The zero-order valence-corrected chi connectivity index (χ0v) is 16.6. The van der Waals surface area contributed by atoms with Crippen molar-refractivity contribution in [1.82, 2.24) is 14.3 Å². The van der Waals surface area contributed by atoms with E-state index < -0.39 is 10.0 Å². The van der Waals surface area contributed by atoms with Crippen LogP contribution in [0.2, 0.25) is 5.02 Å². The molecule has 1 heterocycles. The average molecular weight is 388 g/mol. The number of rotatable bonds is 7. The van der Waals surface area contributed by atoms with Crippen LogP contribution in [0, 0.1) is 0 Å². The maximum Gasteiger partial charge on any atom is 0.209 e. The molecule has 24 heavy (non-hydrogen) atoms. The summed E-state index contributed by atoms with van der Waals surface area (Å²) in [5, 5.41) is 1.72. The van der Waals surface area contributed by atoms with Gasteiger partial charge in [-0.05, 0) is 31.0 Å². The Bertz CT molecular complexity index is 817. The van der Waals surface area contributed by atoms with E-state index in [0.717, 1.165) is 27.7 Å². The van der Waals surface area contributed by atoms with Gasteiger partial charge in [-0.15, -0.1) is 0 Å². The highest BCUT2D eigenvalue weighted by molar-refractivity contribution is 7.99. The van der Waals surface area contributed by atoms with Crippen LogP contribution in [0.5, 0.6) is 0 Å². The summed E-state index contributed by atoms with van der Waals surface area (Å²) >= 11 is 7.68. The van der Waals surface area contributed by atoms with Crippen LogP contribution >= 0.6 is 23.4 Å². The summed E-state index contributed by atoms with van der Waals surface area (Å²) < 4.78 is 27.4. The van der Waals surface area contributed by atoms with Crippen LogP contribution in [0.15, 0.2) is 34.2 Å². The molecule has 0 aliphatic carbocycles. The zero-order chi connectivity index (χ0) is 17.9. The molecule has 0 spiro atoms. The predicted octanol–water partition coefficient (Wildman–Crippen LogP) is 3.88. The van der Waals surface area contributed by atoms with E-state index in [-0.39, 0.29) is 12.5 Å². The number of sulfonamides is 1. The second kappa shape index (κ2) is 7.91. The summed E-state index contributed by atoms with van der Waals surface area (Å²) in [6, 6.07) is 7.67. The van der Waals surface area contributed by atoms with E-state index in [9.17, 15) is 8.42 Å². The second-order valence-electron chi connectivity index (χ2n) is 5.77. The van der Waals surface area contributed by atoms with Crippen molar-refractivity contribution in [3.8, 4) is 0 Å². The molecule has 2 aromatic rings. The summed E-state index contributed by atoms with van der Waals surface area (Å²) in [5.41, 5.74) is 0.965. The van der Waals surface area contributed by atoms with Gasteiger partial charge in [0.15, 0.2) is 0 Å². The van der Waals surface area contributed by atoms with E-state index in [2.05, 4.69) is 28.1 Å². The van der Waals surface area contributed by atoms with Crippen molar-refractivity contribution in [2.45, 2.75) is 49.7 Å². The molecule has 1 N–H and O–H groups in total. The Labute approximate surface area is 152 Å². The Morgan fingerprint density at radius 1 is 1.38 bits per heavy atom. The molecule has 0 radical (unpaired) electrons. The Morgan fingerprint density at radius 3 is 2.62 bits per heavy atom. The number of hydrogen-bond donors (Lipinski definition) is 1. The van der Waals surface area contributed by atoms with Gasteiger partial charge in [0.1, 0.15) is 10.9 Å². The van der Waals surface area contributed by atoms with Crippen LogP contribution in [0.4, 0.5) is 0 Å². The lowest BCUT2D eigenvalue weighted by Crippen LogP contribution is -2.23. The summed E-state index contributed by atoms with van der Waals surface area (Å²) in [5.74, 6) is 0.952. The van der Waals surface area contributed by atoms with Crippen molar-refractivity contribution in [1.29, 1.82) is 0 Å². The third-order valence-electron chi connectivity index (χ3n) is 3.39. The number of aromatic nitrogens is 2. The van der Waals surface area contributed by atoms with Gasteiger partial charge in [-0.3, -0.25) is 0 Å². The lowest BCUT2D eigenvalue weighted by Gasteiger charge is -2.11. The fraction of sp³-hybridized carbons (Fsp3) is 0.438. The molecule has 0 atom stereocenters. The molecule has 0 aliphatic heterocycles. The molecule has 0 aliphatic rings. The highest BCUT2D eigenvalue weighted by Crippen LogP contribution is 2.35. The molecule has 0 bridgehead atoms. The van der Waals surface area contributed by atoms with Crippen molar-refractivity contribution in [2.24, 2.45) is 0 Å². The van der Waals surface area contributed by atoms with E-state index in [1.54, 1.807) is 11.8 Å². The molecule has 2 rings (SSSR count). The summed E-state index contributed by atoms with van der Waals surface area (Å²) in [6.07, 6.45) is 1.15. The van der Waals surface area contributed by atoms with Gasteiger partial charge in [0.25, 0.3) is 0 Å². The van der Waals surface area contributed by atoms with Gasteiger partial charge in [-0.2, -0.15) is 0 Å². The number of nitrogens with one attached hydrogen (secondary N) is 1. The minimum Gasteiger partial charge on any atom is -0.322 e. The van der Waals surface area contributed by atoms with Crippen LogP contribution in [0.3, 0.4) is 0 Å². The Kier molecular flexibility index (Phi) is 6.36. The van der Waals surface area contributed by atoms with Crippen LogP contribution in [-0.4, -0.2) is 24.2 Å². The molecule has 132 valence electrons. The molecule has 5 nitrogen and oxygen atoms in total. The second-order valence-corrected chi connectivity index (χ2v) is 9.10. The fourth-order valence-corrected chi connectivity index (χ4v) is 4.22. The molecule has 0 saturated heterocycles. The van der Waals surface area contributed by atoms with Gasteiger partial charge in [0.05, 0.1) is 18.5 Å². The first-order valence-corrected chi connectivity index (χ1v) is 10.8. The molecule has 1 aromatic carbocycles. The van der Waals surface area contributed by atoms with E-state index in [4.69, 9.17) is 11.6 Å². The van der Waals surface area contributed by atoms with Gasteiger partial charge in [-0.25, -0.2) is 18.1 Å². The van der Waals surface area contributed by atoms with Crippen LogP contribution < -0.4 is 4.72 Å². The fourth-order valence-electron chi connectivity index (χ4n) is 2.28. The number of hydrogen-bond acceptors (Lipinski definition) is 4. The summed E-state index contributed by atoms with van der Waals surface area (Å²) in [4.78, 5) is 5.71. The maximum atomic E-state index is 11.4. The minimum atomic E-state index is -3.26. The first-order chi connectivity index (χ1) is 11.2. The quantitative estimate of drug-likeness (QED) is 0.782. The smallest absolute Gasteiger partial charge is 0.209 e. The topological polar surface area (TPSA) is 64.0 Å². The first kappa shape index (κ1) is 19.3. The van der Waals surface area contributed by atoms with E-state index >= 15 is 0 Å². The predicted molar refractivity (Wildman–Crippen MR) is 99.2 cm³/mol. The number of imidazole rings is 1. The standard InChI is InChI=1S/C16H22ClN3O2S2/c1-5-20-14(10-18-24(4,21)22)19-15(11(2)3)16(20)23-13-8-6-7-12(17)9-13/h6-9,11,18H,5,10H2,1-4H3. The summed E-state index contributed by atoms with van der Waals surface area (Å²) in [6.45, 7) is 7.08. The van der Waals surface area contributed by atoms with Crippen LogP contribution in [0.1, 0.15) is 38.2 Å². The Morgan fingerprint density at radius 2 is 2.08 bits per heavy atom. The van der Waals surface area contributed by atoms with Crippen molar-refractivity contribution in [3.05, 3.63) is 40.8 Å². The van der Waals surface area contributed by atoms with Gasteiger partial charge in [0.2, 0.25) is 10.0 Å². The molecule has 8 heteroatoms. The molecule has 0 unspecified atom stereocenters. The van der Waals surface area contributed by atoms with Crippen molar-refractivity contribution in [2.75, 3.05) is 6.26 Å². The van der Waals surface area contributed by atoms with Gasteiger partial charge < -0.3 is 4.57 Å². The number of nitrogens with zero attached hydrogens (tertiary/aromatic N) is 2. The third-order valence-corrected chi connectivity index (χ3v) is 5.41. The highest BCUT2D eigenvalue weighted by Gasteiger charge is 2.20. The molecular formula is C16H22ClN3O2S2. The van der Waals surface area contributed by atoms with Gasteiger partial charge >= 0.3 is 0 Å². The first-order valence-electron chi connectivity index (χ1n) is 7.68. The average Bonchev–Trinajstić information content (AvgIpc) is 2.82. The lowest BCUT2D eigenvalue weighted by molar-refractivity contribution is 0.577. The lowest BCUT2D eigenvalue weighted by atomic mass is 10.1. The molecular weight excluding hydrogens is 366 g/mol. The summed E-state index contributed by atoms with van der Waals surface area (Å²) in [7, 11) is -3.26. The minimum absolute atomic E-state index is 0.183. The maximum absolute atomic E-state index is 11.4. The molecule has 0 fully saturated rings. The molecule has 0 amide bonds. The normalized spacial score (nSPS) is 12.1. The largest absolute Gasteiger partial charge is 0.322 e. The molecule has 1 aromatic heterocycles. The van der Waals surface area contributed by atoms with Crippen LogP contribution in [-0.2, 0) is 23.1 Å². The van der Waals surface area contributed by atoms with Crippen molar-refractivity contribution < 1.29 is 8.42 Å². The van der Waals surface area contributed by atoms with Crippen LogP contribution in [0.25, 0.3) is 0 Å². The highest BCUT2D eigenvalue weighted by atomic mass is 35.5. The van der Waals surface area contributed by atoms with Crippen molar-refractivity contribution >= 4 is 33.4 Å². The van der Waals surface area contributed by atoms with Gasteiger partial charge in [-0.1, -0.05) is 43.3 Å². The van der Waals surface area contributed by atoms with E-state index in [1.807, 2.05) is 31.2 Å². The monoisotopic (exact) mass is 387 g/mol. The number of halogens is 1. The zero-order valence-electron chi connectivity index (χ0n) is 14.2. The van der Waals surface area contributed by atoms with Gasteiger partial charge in [0, 0.05) is 16.5 Å². The Balaban J connectivity index is 2.42. The third kappa shape index (κ3) is 4.99. The molecule has 0 saturated carbocycles. The van der Waals surface area contributed by atoms with Crippen molar-refractivity contribution in [3.63, 3.8) is 0 Å². The van der Waals surface area contributed by atoms with E-state index in [0.29, 0.717) is 11.6 Å². The van der Waals surface area contributed by atoms with E-state index in [1.165, 1.54) is 0 Å². The SMILES string of the molecule is CCn1c(CNS(C)(=O)=O)nc(C(C)C)c1Sc1cccc(Cl)c1. The number of benzene rings is 1.